The van der Waals surface area contributed by atoms with E-state index < -0.39 is 49.3 Å². The highest BCUT2D eigenvalue weighted by Crippen LogP contribution is 2.52. The number of ether oxygens (including phenoxy) is 4. The van der Waals surface area contributed by atoms with Crippen LogP contribution in [0.3, 0.4) is 0 Å². The van der Waals surface area contributed by atoms with E-state index in [1.165, 1.54) is 20.8 Å². The molecule has 0 radical (unpaired) electrons. The first-order chi connectivity index (χ1) is 13.1. The number of esters is 3. The Labute approximate surface area is 168 Å². The van der Waals surface area contributed by atoms with Gasteiger partial charge in [0.2, 0.25) is 0 Å². The fraction of sp³-hybridized carbons (Fsp3) is 0.812. The lowest BCUT2D eigenvalue weighted by molar-refractivity contribution is -0.213. The monoisotopic (exact) mass is 442 g/mol. The fourth-order valence-electron chi connectivity index (χ4n) is 2.52. The Balaban J connectivity index is 3.02. The summed E-state index contributed by atoms with van der Waals surface area (Å²) in [6.45, 7) is 7.25. The first-order valence-corrected chi connectivity index (χ1v) is 11.5. The Morgan fingerprint density at radius 3 is 1.89 bits per heavy atom. The Bertz CT molecular complexity index is 588. The van der Waals surface area contributed by atoms with Crippen LogP contribution in [0.4, 0.5) is 0 Å². The van der Waals surface area contributed by atoms with E-state index in [9.17, 15) is 18.9 Å². The van der Waals surface area contributed by atoms with E-state index in [1.54, 1.807) is 13.8 Å². The zero-order valence-electron chi connectivity index (χ0n) is 16.6. The summed E-state index contributed by atoms with van der Waals surface area (Å²) >= 11 is 1.04. The van der Waals surface area contributed by atoms with Crippen molar-refractivity contribution in [1.29, 1.82) is 0 Å². The summed E-state index contributed by atoms with van der Waals surface area (Å²) in [6.07, 6.45) is -3.11. The summed E-state index contributed by atoms with van der Waals surface area (Å²) in [6, 6.07) is 0. The quantitative estimate of drug-likeness (QED) is 0.281. The van der Waals surface area contributed by atoms with Crippen LogP contribution in [-0.2, 0) is 46.9 Å². The van der Waals surface area contributed by atoms with Crippen LogP contribution >= 0.6 is 19.4 Å². The standard InChI is InChI=1S/C16H27O10PS/c1-6-22-27(20,23-7-2)9-28-16-15(26-12(5)19)14(25-11(4)18)13(8-21-16)24-10(3)17/h13-16H,6-9H2,1-5H3/t13-,14-,15+,16-/m0/s1. The molecule has 0 spiro atoms. The van der Waals surface area contributed by atoms with E-state index in [0.29, 0.717) is 0 Å². The molecule has 1 saturated heterocycles. The van der Waals surface area contributed by atoms with Gasteiger partial charge in [-0.25, -0.2) is 0 Å². The third-order valence-electron chi connectivity index (χ3n) is 3.35. The maximum Gasteiger partial charge on any atom is 0.340 e. The molecule has 162 valence electrons. The van der Waals surface area contributed by atoms with Crippen LogP contribution in [0.5, 0.6) is 0 Å². The van der Waals surface area contributed by atoms with Crippen LogP contribution in [0, 0.1) is 0 Å². The molecule has 1 fully saturated rings. The lowest BCUT2D eigenvalue weighted by Crippen LogP contribution is -2.56. The van der Waals surface area contributed by atoms with E-state index in [0.717, 1.165) is 11.8 Å². The van der Waals surface area contributed by atoms with Crippen LogP contribution in [0.1, 0.15) is 34.6 Å². The first-order valence-electron chi connectivity index (χ1n) is 8.74. The Morgan fingerprint density at radius 2 is 1.43 bits per heavy atom. The van der Waals surface area contributed by atoms with Crippen molar-refractivity contribution in [2.45, 2.75) is 58.4 Å². The van der Waals surface area contributed by atoms with Gasteiger partial charge < -0.3 is 28.0 Å². The zero-order chi connectivity index (χ0) is 21.3. The molecule has 4 atom stereocenters. The molecule has 0 unspecified atom stereocenters. The minimum Gasteiger partial charge on any atom is -0.456 e. The van der Waals surface area contributed by atoms with Gasteiger partial charge in [0.25, 0.3) is 0 Å². The maximum absolute atomic E-state index is 12.7. The maximum atomic E-state index is 12.7. The van der Waals surface area contributed by atoms with Crippen molar-refractivity contribution < 1.29 is 46.9 Å². The molecule has 0 saturated carbocycles. The predicted molar refractivity (Wildman–Crippen MR) is 99.7 cm³/mol. The minimum atomic E-state index is -3.38. The Kier molecular flexibility index (Phi) is 10.5. The molecule has 0 amide bonds. The van der Waals surface area contributed by atoms with Gasteiger partial charge in [-0.05, 0) is 13.8 Å². The molecule has 0 N–H and O–H groups in total. The molecule has 0 aromatic heterocycles. The smallest absolute Gasteiger partial charge is 0.340 e. The van der Waals surface area contributed by atoms with Gasteiger partial charge in [-0.15, -0.1) is 11.8 Å². The van der Waals surface area contributed by atoms with E-state index in [4.69, 9.17) is 28.0 Å². The van der Waals surface area contributed by atoms with Crippen LogP contribution in [0.15, 0.2) is 0 Å². The summed E-state index contributed by atoms with van der Waals surface area (Å²) in [5.74, 6) is -1.88. The molecule has 1 rings (SSSR count). The van der Waals surface area contributed by atoms with E-state index in [1.807, 2.05) is 0 Å². The van der Waals surface area contributed by atoms with Crippen molar-refractivity contribution in [2.24, 2.45) is 0 Å². The van der Waals surface area contributed by atoms with Gasteiger partial charge in [-0.2, -0.15) is 0 Å². The Morgan fingerprint density at radius 1 is 0.929 bits per heavy atom. The number of hydrogen-bond acceptors (Lipinski definition) is 11. The second-order valence-electron chi connectivity index (χ2n) is 5.74. The zero-order valence-corrected chi connectivity index (χ0v) is 18.3. The molecule has 0 aromatic carbocycles. The topological polar surface area (TPSA) is 124 Å². The summed E-state index contributed by atoms with van der Waals surface area (Å²) in [7, 11) is -3.38. The molecular weight excluding hydrogens is 415 g/mol. The number of thioether (sulfide) groups is 1. The predicted octanol–water partition coefficient (Wildman–Crippen LogP) is 2.09. The molecular formula is C16H27O10PS. The molecule has 12 heteroatoms. The molecule has 0 aromatic rings. The molecule has 0 bridgehead atoms. The minimum absolute atomic E-state index is 0.0673. The number of hydrogen-bond donors (Lipinski definition) is 0. The van der Waals surface area contributed by atoms with Crippen molar-refractivity contribution in [3.63, 3.8) is 0 Å². The van der Waals surface area contributed by atoms with Crippen LogP contribution in [0.2, 0.25) is 0 Å². The molecule has 1 heterocycles. The fourth-order valence-corrected chi connectivity index (χ4v) is 5.87. The Hall–Kier alpha value is -1.13. The van der Waals surface area contributed by atoms with Crippen LogP contribution in [0.25, 0.3) is 0 Å². The number of rotatable bonds is 10. The molecule has 28 heavy (non-hydrogen) atoms. The second-order valence-corrected chi connectivity index (χ2v) is 9.31. The van der Waals surface area contributed by atoms with Crippen molar-refractivity contribution in [1.82, 2.24) is 0 Å². The van der Waals surface area contributed by atoms with Gasteiger partial charge >= 0.3 is 25.5 Å². The average Bonchev–Trinajstić information content (AvgIpc) is 2.56. The molecule has 0 aliphatic carbocycles. The van der Waals surface area contributed by atoms with Crippen molar-refractivity contribution in [3.05, 3.63) is 0 Å². The molecule has 10 nitrogen and oxygen atoms in total. The lowest BCUT2D eigenvalue weighted by Gasteiger charge is -2.40. The highest BCUT2D eigenvalue weighted by Gasteiger charge is 2.47. The third-order valence-corrected chi connectivity index (χ3v) is 7.25. The van der Waals surface area contributed by atoms with Gasteiger partial charge in [-0.3, -0.25) is 18.9 Å². The number of carbonyl (C=O) groups excluding carboxylic acids is 3. The van der Waals surface area contributed by atoms with Gasteiger partial charge in [0.15, 0.2) is 18.3 Å². The van der Waals surface area contributed by atoms with Gasteiger partial charge in [0.1, 0.15) is 5.44 Å². The van der Waals surface area contributed by atoms with E-state index in [2.05, 4.69) is 0 Å². The summed E-state index contributed by atoms with van der Waals surface area (Å²) in [4.78, 5) is 34.5. The third kappa shape index (κ3) is 8.08. The van der Waals surface area contributed by atoms with Crippen LogP contribution < -0.4 is 0 Å². The average molecular weight is 442 g/mol. The van der Waals surface area contributed by atoms with Crippen LogP contribution in [-0.4, -0.2) is 67.0 Å². The highest BCUT2D eigenvalue weighted by molar-refractivity contribution is 8.05. The van der Waals surface area contributed by atoms with Gasteiger partial charge in [0.05, 0.1) is 25.3 Å². The summed E-state index contributed by atoms with van der Waals surface area (Å²) in [5, 5.41) is 0. The summed E-state index contributed by atoms with van der Waals surface area (Å²) < 4.78 is 44.5. The van der Waals surface area contributed by atoms with Gasteiger partial charge in [0, 0.05) is 20.8 Å². The lowest BCUT2D eigenvalue weighted by atomic mass is 10.1. The van der Waals surface area contributed by atoms with Gasteiger partial charge in [-0.1, -0.05) is 0 Å². The normalized spacial score (nSPS) is 25.0. The second kappa shape index (κ2) is 11.8. The molecule has 1 aliphatic heterocycles. The highest BCUT2D eigenvalue weighted by atomic mass is 32.2. The van der Waals surface area contributed by atoms with E-state index in [-0.39, 0.29) is 25.3 Å². The first kappa shape index (κ1) is 24.9. The molecule has 1 aliphatic rings. The number of carbonyl (C=O) groups is 3. The van der Waals surface area contributed by atoms with Crippen molar-refractivity contribution in [3.8, 4) is 0 Å². The summed E-state index contributed by atoms with van der Waals surface area (Å²) in [5.41, 5.74) is -0.906. The van der Waals surface area contributed by atoms with Crippen molar-refractivity contribution in [2.75, 3.05) is 25.3 Å². The van der Waals surface area contributed by atoms with Crippen molar-refractivity contribution >= 4 is 37.3 Å². The largest absolute Gasteiger partial charge is 0.456 e. The SMILES string of the molecule is CCOP(=O)(CS[C@@H]1OC[C@H](OC(C)=O)[C@H](OC(C)=O)[C@H]1OC(C)=O)OCC. The van der Waals surface area contributed by atoms with E-state index >= 15 is 0 Å².